The van der Waals surface area contributed by atoms with Gasteiger partial charge in [-0.15, -0.1) is 0 Å². The Morgan fingerprint density at radius 3 is 2.62 bits per heavy atom. The van der Waals surface area contributed by atoms with E-state index < -0.39 is 5.82 Å². The second-order valence-corrected chi connectivity index (χ2v) is 7.16. The number of fused-ring (bicyclic) bond motifs is 1. The van der Waals surface area contributed by atoms with Gasteiger partial charge < -0.3 is 14.6 Å². The maximum Gasteiger partial charge on any atom is 0.254 e. The number of nitrogens with one attached hydrogen (secondary N) is 1. The molecule has 29 heavy (non-hydrogen) atoms. The average Bonchev–Trinajstić information content (AvgIpc) is 2.74. The quantitative estimate of drug-likeness (QED) is 0.738. The van der Waals surface area contributed by atoms with Gasteiger partial charge >= 0.3 is 0 Å². The van der Waals surface area contributed by atoms with Crippen molar-refractivity contribution in [1.82, 2.24) is 14.8 Å². The van der Waals surface area contributed by atoms with Crippen LogP contribution >= 0.6 is 0 Å². The summed E-state index contributed by atoms with van der Waals surface area (Å²) in [6.07, 6.45) is 0. The number of ether oxygens (including phenoxy) is 1. The van der Waals surface area contributed by atoms with Crippen molar-refractivity contribution >= 4 is 16.8 Å². The maximum atomic E-state index is 13.4. The lowest BCUT2D eigenvalue weighted by Gasteiger charge is -2.34. The van der Waals surface area contributed by atoms with Crippen molar-refractivity contribution in [2.24, 2.45) is 0 Å². The van der Waals surface area contributed by atoms with Crippen LogP contribution in [0.1, 0.15) is 15.9 Å². The van der Waals surface area contributed by atoms with Gasteiger partial charge in [-0.2, -0.15) is 0 Å². The number of aromatic amines is 1. The van der Waals surface area contributed by atoms with Gasteiger partial charge in [0.05, 0.1) is 7.11 Å². The van der Waals surface area contributed by atoms with E-state index in [2.05, 4.69) is 9.88 Å². The summed E-state index contributed by atoms with van der Waals surface area (Å²) >= 11 is 0. The third-order valence-electron chi connectivity index (χ3n) is 5.25. The fourth-order valence-electron chi connectivity index (χ4n) is 3.63. The van der Waals surface area contributed by atoms with Crippen molar-refractivity contribution in [3.05, 3.63) is 75.8 Å². The number of hydrogen-bond donors (Lipinski definition) is 1. The first-order chi connectivity index (χ1) is 14.0. The molecule has 1 saturated heterocycles. The van der Waals surface area contributed by atoms with Gasteiger partial charge in [-0.1, -0.05) is 6.07 Å². The van der Waals surface area contributed by atoms with Crippen molar-refractivity contribution in [2.45, 2.75) is 6.54 Å². The molecule has 1 aliphatic rings. The Morgan fingerprint density at radius 2 is 1.90 bits per heavy atom. The highest BCUT2D eigenvalue weighted by Gasteiger charge is 2.23. The highest BCUT2D eigenvalue weighted by molar-refractivity contribution is 5.94. The molecule has 6 nitrogen and oxygen atoms in total. The Morgan fingerprint density at radius 1 is 1.10 bits per heavy atom. The number of carbonyl (C=O) groups is 1. The van der Waals surface area contributed by atoms with Gasteiger partial charge in [0, 0.05) is 54.8 Å². The van der Waals surface area contributed by atoms with E-state index >= 15 is 0 Å². The zero-order valence-electron chi connectivity index (χ0n) is 16.2. The number of aromatic nitrogens is 1. The average molecular weight is 395 g/mol. The molecule has 2 heterocycles. The number of amides is 1. The SMILES string of the molecule is COc1ccc2[nH]c(=O)c(CN3CCN(C(=O)c4cccc(F)c4)CC3)cc2c1. The van der Waals surface area contributed by atoms with Crippen LogP contribution in [-0.2, 0) is 6.54 Å². The number of halogens is 1. The highest BCUT2D eigenvalue weighted by atomic mass is 19.1. The van der Waals surface area contributed by atoms with Crippen LogP contribution in [0.15, 0.2) is 53.3 Å². The first-order valence-electron chi connectivity index (χ1n) is 9.50. The molecule has 2 aromatic carbocycles. The van der Waals surface area contributed by atoms with Crippen LogP contribution in [0.2, 0.25) is 0 Å². The molecule has 7 heteroatoms. The van der Waals surface area contributed by atoms with E-state index in [4.69, 9.17) is 4.74 Å². The van der Waals surface area contributed by atoms with E-state index in [1.165, 1.54) is 12.1 Å². The van der Waals surface area contributed by atoms with E-state index in [1.54, 1.807) is 24.1 Å². The monoisotopic (exact) mass is 395 g/mol. The minimum atomic E-state index is -0.415. The molecule has 0 radical (unpaired) electrons. The van der Waals surface area contributed by atoms with Gasteiger partial charge in [0.25, 0.3) is 11.5 Å². The number of methoxy groups -OCH3 is 1. The van der Waals surface area contributed by atoms with Crippen LogP contribution in [0.5, 0.6) is 5.75 Å². The molecule has 1 aromatic heterocycles. The molecule has 0 unspecified atom stereocenters. The lowest BCUT2D eigenvalue weighted by Crippen LogP contribution is -2.48. The predicted octanol–water partition coefficient (Wildman–Crippen LogP) is 2.63. The third-order valence-corrected chi connectivity index (χ3v) is 5.25. The van der Waals surface area contributed by atoms with E-state index in [1.807, 2.05) is 24.3 Å². The van der Waals surface area contributed by atoms with E-state index in [0.29, 0.717) is 43.9 Å². The Labute approximate surface area is 167 Å². The van der Waals surface area contributed by atoms with Crippen LogP contribution in [-0.4, -0.2) is 54.0 Å². The molecule has 0 atom stereocenters. The van der Waals surface area contributed by atoms with Crippen molar-refractivity contribution in [3.8, 4) is 5.75 Å². The minimum absolute atomic E-state index is 0.110. The Balaban J connectivity index is 1.43. The number of rotatable bonds is 4. The fraction of sp³-hybridized carbons (Fsp3) is 0.273. The first-order valence-corrected chi connectivity index (χ1v) is 9.50. The van der Waals surface area contributed by atoms with Crippen molar-refractivity contribution in [1.29, 1.82) is 0 Å². The van der Waals surface area contributed by atoms with Gasteiger partial charge in [0.2, 0.25) is 0 Å². The molecule has 1 aliphatic heterocycles. The van der Waals surface area contributed by atoms with Crippen LogP contribution in [0.25, 0.3) is 10.9 Å². The second-order valence-electron chi connectivity index (χ2n) is 7.16. The number of hydrogen-bond acceptors (Lipinski definition) is 4. The van der Waals surface area contributed by atoms with E-state index in [9.17, 15) is 14.0 Å². The lowest BCUT2D eigenvalue weighted by molar-refractivity contribution is 0.0627. The van der Waals surface area contributed by atoms with Crippen molar-refractivity contribution < 1.29 is 13.9 Å². The highest BCUT2D eigenvalue weighted by Crippen LogP contribution is 2.19. The summed E-state index contributed by atoms with van der Waals surface area (Å²) in [5, 5.41) is 0.916. The molecule has 3 aromatic rings. The van der Waals surface area contributed by atoms with Crippen molar-refractivity contribution in [3.63, 3.8) is 0 Å². The molecule has 0 bridgehead atoms. The smallest absolute Gasteiger partial charge is 0.254 e. The number of H-pyrrole nitrogens is 1. The zero-order valence-corrected chi connectivity index (χ0v) is 16.2. The van der Waals surface area contributed by atoms with E-state index in [0.717, 1.165) is 16.7 Å². The minimum Gasteiger partial charge on any atom is -0.497 e. The Hall–Kier alpha value is -3.19. The summed E-state index contributed by atoms with van der Waals surface area (Å²) in [4.78, 5) is 31.8. The molecule has 4 rings (SSSR count). The van der Waals surface area contributed by atoms with Crippen LogP contribution in [0.4, 0.5) is 4.39 Å². The van der Waals surface area contributed by atoms with Crippen LogP contribution in [0.3, 0.4) is 0 Å². The summed E-state index contributed by atoms with van der Waals surface area (Å²) in [7, 11) is 1.61. The van der Waals surface area contributed by atoms with Gasteiger partial charge in [-0.25, -0.2) is 4.39 Å². The largest absolute Gasteiger partial charge is 0.497 e. The number of carbonyl (C=O) groups excluding carboxylic acids is 1. The fourth-order valence-corrected chi connectivity index (χ4v) is 3.63. The van der Waals surface area contributed by atoms with Crippen LogP contribution in [0, 0.1) is 5.82 Å². The molecule has 1 fully saturated rings. The van der Waals surface area contributed by atoms with Gasteiger partial charge in [0.15, 0.2) is 0 Å². The zero-order chi connectivity index (χ0) is 20.4. The second kappa shape index (κ2) is 8.05. The predicted molar refractivity (Wildman–Crippen MR) is 109 cm³/mol. The number of piperazine rings is 1. The van der Waals surface area contributed by atoms with Gasteiger partial charge in [-0.05, 0) is 42.5 Å². The molecule has 0 aliphatic carbocycles. The normalized spacial score (nSPS) is 14.9. The topological polar surface area (TPSA) is 65.6 Å². The van der Waals surface area contributed by atoms with Gasteiger partial charge in [0.1, 0.15) is 11.6 Å². The number of benzene rings is 2. The summed E-state index contributed by atoms with van der Waals surface area (Å²) in [5.74, 6) is 0.154. The Kier molecular flexibility index (Phi) is 5.31. The lowest BCUT2D eigenvalue weighted by atomic mass is 10.1. The number of nitrogens with zero attached hydrogens (tertiary/aromatic N) is 2. The first kappa shape index (κ1) is 19.1. The standard InChI is InChI=1S/C22H22FN3O3/c1-29-19-5-6-20-16(13-19)11-17(21(27)24-20)14-25-7-9-26(10-8-25)22(28)15-3-2-4-18(23)12-15/h2-6,11-13H,7-10,14H2,1H3,(H,24,27). The molecule has 150 valence electrons. The third kappa shape index (κ3) is 4.14. The van der Waals surface area contributed by atoms with Crippen LogP contribution < -0.4 is 10.3 Å². The molecule has 0 spiro atoms. The number of pyridine rings is 1. The molecular weight excluding hydrogens is 373 g/mol. The van der Waals surface area contributed by atoms with E-state index in [-0.39, 0.29) is 11.5 Å². The summed E-state index contributed by atoms with van der Waals surface area (Å²) in [5.41, 5.74) is 1.69. The Bertz CT molecular complexity index is 1100. The summed E-state index contributed by atoms with van der Waals surface area (Å²) in [6, 6.07) is 13.2. The molecular formula is C22H22FN3O3. The molecule has 1 N–H and O–H groups in total. The molecule has 0 saturated carbocycles. The molecule has 1 amide bonds. The van der Waals surface area contributed by atoms with Gasteiger partial charge in [-0.3, -0.25) is 14.5 Å². The summed E-state index contributed by atoms with van der Waals surface area (Å²) < 4.78 is 18.6. The maximum absolute atomic E-state index is 13.4. The summed E-state index contributed by atoms with van der Waals surface area (Å²) in [6.45, 7) is 2.88. The van der Waals surface area contributed by atoms with Crippen molar-refractivity contribution in [2.75, 3.05) is 33.3 Å².